The molecule has 1 saturated heterocycles. The van der Waals surface area contributed by atoms with Crippen molar-refractivity contribution in [3.63, 3.8) is 0 Å². The van der Waals surface area contributed by atoms with Gasteiger partial charge in [-0.25, -0.2) is 4.79 Å². The van der Waals surface area contributed by atoms with Gasteiger partial charge in [-0.3, -0.25) is 14.9 Å². The Labute approximate surface area is 130 Å². The molecular formula is C12H11FN2O7S. The lowest BCUT2D eigenvalue weighted by Crippen LogP contribution is -2.28. The van der Waals surface area contributed by atoms with Crippen LogP contribution in [0, 0.1) is 10.1 Å². The van der Waals surface area contributed by atoms with Gasteiger partial charge < -0.3 is 9.64 Å². The molecule has 0 radical (unpaired) electrons. The highest BCUT2D eigenvalue weighted by Gasteiger charge is 2.40. The fourth-order valence-corrected chi connectivity index (χ4v) is 2.91. The van der Waals surface area contributed by atoms with E-state index in [9.17, 15) is 32.0 Å². The maximum Gasteiger partial charge on any atom is 0.340 e. The number of carbonyl (C=O) groups excluding carboxylic acids is 2. The second-order valence-corrected chi connectivity index (χ2v) is 6.37. The minimum absolute atomic E-state index is 0.0707. The van der Waals surface area contributed by atoms with Crippen LogP contribution >= 0.6 is 0 Å². The van der Waals surface area contributed by atoms with Crippen LogP contribution in [0.4, 0.5) is 15.3 Å². The lowest BCUT2D eigenvalue weighted by molar-refractivity contribution is -0.384. The first-order valence-electron chi connectivity index (χ1n) is 6.25. The maximum atomic E-state index is 13.1. The summed E-state index contributed by atoms with van der Waals surface area (Å²) < 4.78 is 39.5. The molecule has 1 aliphatic rings. The number of nitro groups is 1. The van der Waals surface area contributed by atoms with E-state index in [4.69, 9.17) is 0 Å². The molecule has 1 amide bonds. The lowest BCUT2D eigenvalue weighted by Gasteiger charge is -2.18. The van der Waals surface area contributed by atoms with Crippen molar-refractivity contribution in [3.05, 3.63) is 33.9 Å². The van der Waals surface area contributed by atoms with Crippen molar-refractivity contribution in [3.8, 4) is 0 Å². The highest BCUT2D eigenvalue weighted by atomic mass is 32.3. The van der Waals surface area contributed by atoms with E-state index < -0.39 is 50.9 Å². The molecule has 0 saturated carbocycles. The third-order valence-electron chi connectivity index (χ3n) is 3.37. The van der Waals surface area contributed by atoms with E-state index in [1.807, 2.05) is 0 Å². The van der Waals surface area contributed by atoms with Crippen LogP contribution in [0.25, 0.3) is 0 Å². The van der Waals surface area contributed by atoms with Crippen molar-refractivity contribution in [1.29, 1.82) is 0 Å². The third-order valence-corrected chi connectivity index (χ3v) is 4.49. The van der Waals surface area contributed by atoms with Crippen LogP contribution in [0.2, 0.25) is 0 Å². The average molecular weight is 346 g/mol. The number of halogens is 1. The summed E-state index contributed by atoms with van der Waals surface area (Å²) in [5.41, 5.74) is -0.763. The van der Waals surface area contributed by atoms with E-state index in [2.05, 4.69) is 4.74 Å². The Kier molecular flexibility index (Phi) is 4.32. The zero-order valence-corrected chi connectivity index (χ0v) is 12.6. The van der Waals surface area contributed by atoms with Crippen molar-refractivity contribution < 1.29 is 31.6 Å². The summed E-state index contributed by atoms with van der Waals surface area (Å²) in [5, 5.41) is 9.24. The minimum atomic E-state index is -4.92. The van der Waals surface area contributed by atoms with E-state index in [0.29, 0.717) is 0 Å². The van der Waals surface area contributed by atoms with Gasteiger partial charge in [-0.1, -0.05) is 0 Å². The van der Waals surface area contributed by atoms with Gasteiger partial charge in [0.2, 0.25) is 5.91 Å². The Morgan fingerprint density at radius 3 is 2.61 bits per heavy atom. The fraction of sp³-hybridized carbons (Fsp3) is 0.333. The summed E-state index contributed by atoms with van der Waals surface area (Å²) in [6.07, 6.45) is -0.573. The van der Waals surface area contributed by atoms with Gasteiger partial charge in [0.1, 0.15) is 5.25 Å². The molecule has 23 heavy (non-hydrogen) atoms. The molecule has 2 rings (SSSR count). The second-order valence-electron chi connectivity index (χ2n) is 4.76. The zero-order valence-electron chi connectivity index (χ0n) is 11.8. The number of rotatable bonds is 4. The summed E-state index contributed by atoms with van der Waals surface area (Å²) in [6.45, 7) is -0.487. The summed E-state index contributed by atoms with van der Waals surface area (Å²) in [4.78, 5) is 34.6. The van der Waals surface area contributed by atoms with Gasteiger partial charge >= 0.3 is 16.2 Å². The standard InChI is InChI=1S/C12H11FN2O7S/c1-22-12(17)9-4-7(15(18)19)2-3-10(9)14-6-8(5-11(14)16)23(13,20)21/h2-4,8H,5-6H2,1H3. The smallest absolute Gasteiger partial charge is 0.340 e. The number of ether oxygens (including phenoxy) is 1. The van der Waals surface area contributed by atoms with Crippen molar-refractivity contribution in [1.82, 2.24) is 0 Å². The summed E-state index contributed by atoms with van der Waals surface area (Å²) in [5.74, 6) is -1.65. The molecule has 124 valence electrons. The van der Waals surface area contributed by atoms with E-state index in [0.717, 1.165) is 30.2 Å². The van der Waals surface area contributed by atoms with E-state index in [1.165, 1.54) is 0 Å². The highest BCUT2D eigenvalue weighted by Crippen LogP contribution is 2.31. The van der Waals surface area contributed by atoms with Gasteiger partial charge in [0.25, 0.3) is 5.69 Å². The number of benzene rings is 1. The fourth-order valence-electron chi connectivity index (χ4n) is 2.24. The summed E-state index contributed by atoms with van der Waals surface area (Å²) >= 11 is 0. The van der Waals surface area contributed by atoms with Crippen LogP contribution in [0.5, 0.6) is 0 Å². The van der Waals surface area contributed by atoms with Gasteiger partial charge in [0, 0.05) is 25.1 Å². The Morgan fingerprint density at radius 1 is 1.48 bits per heavy atom. The first kappa shape index (κ1) is 16.8. The number of carbonyl (C=O) groups is 2. The number of nitro benzene ring substituents is 1. The van der Waals surface area contributed by atoms with Crippen LogP contribution in [0.15, 0.2) is 18.2 Å². The Morgan fingerprint density at radius 2 is 2.13 bits per heavy atom. The van der Waals surface area contributed by atoms with Crippen LogP contribution in [0.1, 0.15) is 16.8 Å². The monoisotopic (exact) mass is 346 g/mol. The number of non-ortho nitro benzene ring substituents is 1. The predicted octanol–water partition coefficient (Wildman–Crippen LogP) is 0.786. The van der Waals surface area contributed by atoms with E-state index in [-0.39, 0.29) is 11.3 Å². The SMILES string of the molecule is COC(=O)c1cc([N+](=O)[O-])ccc1N1CC(S(=O)(=O)F)CC1=O. The van der Waals surface area contributed by atoms with Crippen LogP contribution in [0.3, 0.4) is 0 Å². The zero-order chi connectivity index (χ0) is 17.4. The number of hydrogen-bond acceptors (Lipinski definition) is 7. The number of amides is 1. The molecule has 0 aliphatic carbocycles. The number of methoxy groups -OCH3 is 1. The van der Waals surface area contributed by atoms with Crippen molar-refractivity contribution in [2.45, 2.75) is 11.7 Å². The van der Waals surface area contributed by atoms with Gasteiger partial charge in [-0.05, 0) is 6.07 Å². The van der Waals surface area contributed by atoms with E-state index >= 15 is 0 Å². The molecule has 1 aromatic carbocycles. The lowest BCUT2D eigenvalue weighted by atomic mass is 10.1. The van der Waals surface area contributed by atoms with E-state index in [1.54, 1.807) is 0 Å². The number of nitrogens with zero attached hydrogens (tertiary/aromatic N) is 2. The molecule has 1 aromatic rings. The Hall–Kier alpha value is -2.56. The molecular weight excluding hydrogens is 335 g/mol. The molecule has 11 heteroatoms. The second kappa shape index (κ2) is 5.91. The molecule has 0 bridgehead atoms. The molecule has 0 aromatic heterocycles. The molecule has 1 fully saturated rings. The van der Waals surface area contributed by atoms with Crippen molar-refractivity contribution in [2.24, 2.45) is 0 Å². The molecule has 1 atom stereocenters. The summed E-state index contributed by atoms with van der Waals surface area (Å²) in [6, 6.07) is 3.08. The van der Waals surface area contributed by atoms with Gasteiger partial charge in [0.05, 0.1) is 23.3 Å². The molecule has 0 spiro atoms. The van der Waals surface area contributed by atoms with Crippen LogP contribution in [-0.2, 0) is 19.8 Å². The van der Waals surface area contributed by atoms with Crippen LogP contribution < -0.4 is 4.90 Å². The van der Waals surface area contributed by atoms with Crippen molar-refractivity contribution >= 4 is 33.5 Å². The molecule has 0 N–H and O–H groups in total. The quantitative estimate of drug-likeness (QED) is 0.341. The Balaban J connectivity index is 2.49. The first-order chi connectivity index (χ1) is 10.6. The minimum Gasteiger partial charge on any atom is -0.465 e. The largest absolute Gasteiger partial charge is 0.465 e. The van der Waals surface area contributed by atoms with Crippen molar-refractivity contribution in [2.75, 3.05) is 18.6 Å². The molecule has 1 aliphatic heterocycles. The molecule has 1 heterocycles. The average Bonchev–Trinajstić information content (AvgIpc) is 2.87. The topological polar surface area (TPSA) is 124 Å². The van der Waals surface area contributed by atoms with Gasteiger partial charge in [-0.2, -0.15) is 8.42 Å². The highest BCUT2D eigenvalue weighted by molar-refractivity contribution is 7.87. The van der Waals surface area contributed by atoms with Gasteiger partial charge in [0.15, 0.2) is 0 Å². The normalized spacial score (nSPS) is 18.1. The van der Waals surface area contributed by atoms with Crippen LogP contribution in [-0.4, -0.2) is 44.1 Å². The molecule has 9 nitrogen and oxygen atoms in total. The molecule has 1 unspecified atom stereocenters. The Bertz CT molecular complexity index is 793. The number of anilines is 1. The predicted molar refractivity (Wildman–Crippen MR) is 75.2 cm³/mol. The number of hydrogen-bond donors (Lipinski definition) is 0. The third kappa shape index (κ3) is 3.28. The maximum absolute atomic E-state index is 13.1. The summed E-state index contributed by atoms with van der Waals surface area (Å²) in [7, 11) is -3.88. The number of esters is 1. The first-order valence-corrected chi connectivity index (χ1v) is 7.70. The van der Waals surface area contributed by atoms with Gasteiger partial charge in [-0.15, -0.1) is 3.89 Å².